The summed E-state index contributed by atoms with van der Waals surface area (Å²) in [6.45, 7) is 13.5. The van der Waals surface area contributed by atoms with Crippen molar-refractivity contribution in [1.82, 2.24) is 9.38 Å². The number of hydrogen-bond acceptors (Lipinski definition) is 2. The average molecular weight is 280 g/mol. The number of aromatic carboxylic acids is 1. The quantitative estimate of drug-likeness (QED) is 0.849. The van der Waals surface area contributed by atoms with Gasteiger partial charge in [0.25, 0.3) is 0 Å². The van der Waals surface area contributed by atoms with E-state index in [1.807, 2.05) is 19.1 Å². The van der Waals surface area contributed by atoms with Gasteiger partial charge in [-0.05, 0) is 35.8 Å². The molecule has 1 N–H and O–H groups in total. The zero-order valence-corrected chi connectivity index (χ0v) is 11.8. The fourth-order valence-electron chi connectivity index (χ4n) is 2.02. The summed E-state index contributed by atoms with van der Waals surface area (Å²) in [6.07, 6.45) is 6.57. The van der Waals surface area contributed by atoms with Crippen molar-refractivity contribution in [3.8, 4) is 0 Å². The van der Waals surface area contributed by atoms with Crippen LogP contribution in [0.4, 0.5) is 0 Å². The molecule has 0 fully saturated rings. The molecule has 0 saturated heterocycles. The molecule has 2 aromatic heterocycles. The van der Waals surface area contributed by atoms with Crippen LogP contribution in [-0.4, -0.2) is 20.5 Å². The minimum absolute atomic E-state index is 0.116. The molecule has 0 aliphatic rings. The van der Waals surface area contributed by atoms with E-state index in [1.165, 1.54) is 6.20 Å². The van der Waals surface area contributed by atoms with Crippen LogP contribution in [0, 0.1) is 0 Å². The first-order chi connectivity index (χ1) is 9.95. The Morgan fingerprint density at radius 1 is 1.38 bits per heavy atom. The lowest BCUT2D eigenvalue weighted by Crippen LogP contribution is -2.02. The number of fused-ring (bicyclic) bond motifs is 1. The second-order valence-electron chi connectivity index (χ2n) is 4.67. The minimum atomic E-state index is -1.02. The van der Waals surface area contributed by atoms with E-state index in [4.69, 9.17) is 0 Å². The van der Waals surface area contributed by atoms with Crippen molar-refractivity contribution in [1.29, 1.82) is 0 Å². The van der Waals surface area contributed by atoms with Crippen molar-refractivity contribution in [3.63, 3.8) is 0 Å². The van der Waals surface area contributed by atoms with Crippen LogP contribution in [0.1, 0.15) is 23.0 Å². The molecular formula is C17H16N2O2. The van der Waals surface area contributed by atoms with Crippen LogP contribution >= 0.6 is 0 Å². The molecule has 0 amide bonds. The number of carboxylic acids is 1. The molecule has 0 aliphatic heterocycles. The summed E-state index contributed by atoms with van der Waals surface area (Å²) < 4.78 is 1.54. The molecule has 4 nitrogen and oxygen atoms in total. The highest BCUT2D eigenvalue weighted by Crippen LogP contribution is 2.27. The zero-order chi connectivity index (χ0) is 15.6. The van der Waals surface area contributed by atoms with E-state index in [9.17, 15) is 9.90 Å². The number of allylic oxidation sites excluding steroid dienone is 5. The van der Waals surface area contributed by atoms with E-state index in [-0.39, 0.29) is 5.69 Å². The van der Waals surface area contributed by atoms with Crippen LogP contribution in [-0.2, 0) is 0 Å². The SMILES string of the molecule is C=C/C=C(\C(=C)C(=C)C)c1ccc2ncc(C(=O)O)n2c1. The second kappa shape index (κ2) is 5.63. The third kappa shape index (κ3) is 2.69. The van der Waals surface area contributed by atoms with Crippen molar-refractivity contribution in [2.45, 2.75) is 6.92 Å². The van der Waals surface area contributed by atoms with E-state index >= 15 is 0 Å². The Labute approximate surface area is 123 Å². The van der Waals surface area contributed by atoms with Crippen LogP contribution < -0.4 is 0 Å². The molecule has 0 atom stereocenters. The van der Waals surface area contributed by atoms with Crippen LogP contribution in [0.5, 0.6) is 0 Å². The predicted molar refractivity (Wildman–Crippen MR) is 84.3 cm³/mol. The van der Waals surface area contributed by atoms with E-state index in [1.54, 1.807) is 22.7 Å². The van der Waals surface area contributed by atoms with Gasteiger partial charge in [0.05, 0.1) is 6.20 Å². The Kier molecular flexibility index (Phi) is 3.89. The van der Waals surface area contributed by atoms with Crippen molar-refractivity contribution in [2.75, 3.05) is 0 Å². The van der Waals surface area contributed by atoms with Gasteiger partial charge in [-0.15, -0.1) is 0 Å². The lowest BCUT2D eigenvalue weighted by atomic mass is 9.95. The number of pyridine rings is 1. The molecule has 21 heavy (non-hydrogen) atoms. The Balaban J connectivity index is 2.64. The Bertz CT molecular complexity index is 794. The number of carboxylic acid groups (broad SMARTS) is 1. The third-order valence-electron chi connectivity index (χ3n) is 3.16. The molecule has 4 heteroatoms. The molecule has 106 valence electrons. The van der Waals surface area contributed by atoms with Gasteiger partial charge in [-0.25, -0.2) is 9.78 Å². The van der Waals surface area contributed by atoms with Gasteiger partial charge < -0.3 is 5.11 Å². The van der Waals surface area contributed by atoms with Gasteiger partial charge in [0, 0.05) is 6.20 Å². The van der Waals surface area contributed by atoms with Gasteiger partial charge in [-0.3, -0.25) is 4.40 Å². The number of nitrogens with zero attached hydrogens (tertiary/aromatic N) is 2. The number of carbonyl (C=O) groups is 1. The van der Waals surface area contributed by atoms with E-state index in [2.05, 4.69) is 24.7 Å². The molecule has 0 radical (unpaired) electrons. The molecule has 2 heterocycles. The summed E-state index contributed by atoms with van der Waals surface area (Å²) >= 11 is 0. The fourth-order valence-corrected chi connectivity index (χ4v) is 2.02. The first-order valence-electron chi connectivity index (χ1n) is 6.34. The summed E-state index contributed by atoms with van der Waals surface area (Å²) in [5.41, 5.74) is 4.00. The van der Waals surface area contributed by atoms with Gasteiger partial charge in [0.2, 0.25) is 0 Å². The maximum Gasteiger partial charge on any atom is 0.354 e. The van der Waals surface area contributed by atoms with Crippen molar-refractivity contribution in [2.24, 2.45) is 0 Å². The van der Waals surface area contributed by atoms with Crippen LogP contribution in [0.15, 0.2) is 67.6 Å². The molecule has 0 unspecified atom stereocenters. The normalized spacial score (nSPS) is 11.4. The van der Waals surface area contributed by atoms with E-state index in [0.717, 1.165) is 22.3 Å². The van der Waals surface area contributed by atoms with Gasteiger partial charge in [-0.1, -0.05) is 37.5 Å². The molecular weight excluding hydrogens is 264 g/mol. The monoisotopic (exact) mass is 280 g/mol. The molecule has 0 saturated carbocycles. The van der Waals surface area contributed by atoms with E-state index < -0.39 is 5.97 Å². The van der Waals surface area contributed by atoms with Gasteiger partial charge in [0.15, 0.2) is 5.69 Å². The first kappa shape index (κ1) is 14.5. The molecule has 2 aromatic rings. The van der Waals surface area contributed by atoms with Crippen LogP contribution in [0.25, 0.3) is 11.2 Å². The average Bonchev–Trinajstić information content (AvgIpc) is 2.86. The predicted octanol–water partition coefficient (Wildman–Crippen LogP) is 3.73. The molecule has 0 spiro atoms. The highest BCUT2D eigenvalue weighted by molar-refractivity contribution is 5.87. The van der Waals surface area contributed by atoms with E-state index in [0.29, 0.717) is 5.65 Å². The number of rotatable bonds is 5. The number of imidazole rings is 1. The standard InChI is InChI=1S/C17H16N2O2/c1-5-6-14(12(4)11(2)3)13-7-8-16-18-9-15(17(20)21)19(16)10-13/h5-10H,1-2,4H2,3H3,(H,20,21)/b14-6+. The molecule has 0 aliphatic carbocycles. The Hall–Kier alpha value is -2.88. The highest BCUT2D eigenvalue weighted by Gasteiger charge is 2.13. The Morgan fingerprint density at radius 2 is 2.10 bits per heavy atom. The lowest BCUT2D eigenvalue weighted by molar-refractivity contribution is 0.0689. The maximum atomic E-state index is 11.2. The largest absolute Gasteiger partial charge is 0.477 e. The fraction of sp³-hybridized carbons (Fsp3) is 0.0588. The van der Waals surface area contributed by atoms with Gasteiger partial charge >= 0.3 is 5.97 Å². The number of hydrogen-bond donors (Lipinski definition) is 1. The summed E-state index contributed by atoms with van der Waals surface area (Å²) in [4.78, 5) is 15.3. The highest BCUT2D eigenvalue weighted by atomic mass is 16.4. The lowest BCUT2D eigenvalue weighted by Gasteiger charge is -2.11. The van der Waals surface area contributed by atoms with Crippen LogP contribution in [0.2, 0.25) is 0 Å². The molecule has 0 bridgehead atoms. The molecule has 0 aromatic carbocycles. The minimum Gasteiger partial charge on any atom is -0.477 e. The topological polar surface area (TPSA) is 54.6 Å². The third-order valence-corrected chi connectivity index (χ3v) is 3.16. The van der Waals surface area contributed by atoms with Crippen molar-refractivity contribution < 1.29 is 9.90 Å². The van der Waals surface area contributed by atoms with Crippen LogP contribution in [0.3, 0.4) is 0 Å². The first-order valence-corrected chi connectivity index (χ1v) is 6.34. The summed E-state index contributed by atoms with van der Waals surface area (Å²) in [6, 6.07) is 3.64. The zero-order valence-electron chi connectivity index (χ0n) is 11.8. The van der Waals surface area contributed by atoms with Gasteiger partial charge in [-0.2, -0.15) is 0 Å². The maximum absolute atomic E-state index is 11.2. The summed E-state index contributed by atoms with van der Waals surface area (Å²) in [5.74, 6) is -1.02. The second-order valence-corrected chi connectivity index (χ2v) is 4.67. The number of aromatic nitrogens is 2. The Morgan fingerprint density at radius 3 is 2.67 bits per heavy atom. The van der Waals surface area contributed by atoms with Gasteiger partial charge in [0.1, 0.15) is 5.65 Å². The van der Waals surface area contributed by atoms with Crippen molar-refractivity contribution >= 4 is 17.2 Å². The van der Waals surface area contributed by atoms with Crippen molar-refractivity contribution in [3.05, 3.63) is 78.8 Å². The summed E-state index contributed by atoms with van der Waals surface area (Å²) in [7, 11) is 0. The molecule has 2 rings (SSSR count). The summed E-state index contributed by atoms with van der Waals surface area (Å²) in [5, 5.41) is 9.18. The smallest absolute Gasteiger partial charge is 0.354 e.